The zero-order chi connectivity index (χ0) is 16.5. The first-order valence-corrected chi connectivity index (χ1v) is 7.66. The van der Waals surface area contributed by atoms with Gasteiger partial charge in [0, 0.05) is 13.5 Å². The van der Waals surface area contributed by atoms with E-state index < -0.39 is 0 Å². The number of nitrogens with one attached hydrogen (secondary N) is 1. The van der Waals surface area contributed by atoms with Crippen LogP contribution in [0.4, 0.5) is 0 Å². The van der Waals surface area contributed by atoms with E-state index in [1.807, 2.05) is 34.7 Å². The average Bonchev–Trinajstić information content (AvgIpc) is 3.21. The number of hydrogen-bond acceptors (Lipinski definition) is 4. The van der Waals surface area contributed by atoms with E-state index in [-0.39, 0.29) is 5.91 Å². The van der Waals surface area contributed by atoms with Gasteiger partial charge in [0.1, 0.15) is 11.8 Å². The molecule has 7 heteroatoms. The summed E-state index contributed by atoms with van der Waals surface area (Å²) in [5.74, 6) is 0.0179. The predicted octanol–water partition coefficient (Wildman–Crippen LogP) is 2.15. The molecule has 4 aromatic rings. The van der Waals surface area contributed by atoms with Crippen LogP contribution in [0.1, 0.15) is 18.2 Å². The first-order chi connectivity index (χ1) is 11.7. The number of nitrogens with zero attached hydrogens (tertiary/aromatic N) is 5. The molecule has 3 aromatic heterocycles. The molecule has 120 valence electrons. The Kier molecular flexibility index (Phi) is 3.45. The number of aromatic amines is 1. The lowest BCUT2D eigenvalue weighted by Crippen LogP contribution is -2.28. The molecule has 7 nitrogen and oxygen atoms in total. The minimum absolute atomic E-state index is 0.0179. The van der Waals surface area contributed by atoms with Gasteiger partial charge < -0.3 is 9.88 Å². The van der Waals surface area contributed by atoms with Gasteiger partial charge >= 0.3 is 0 Å². The summed E-state index contributed by atoms with van der Waals surface area (Å²) in [4.78, 5) is 29.8. The van der Waals surface area contributed by atoms with Crippen molar-refractivity contribution in [2.24, 2.45) is 0 Å². The highest BCUT2D eigenvalue weighted by atomic mass is 16.2. The van der Waals surface area contributed by atoms with Crippen molar-refractivity contribution in [1.29, 1.82) is 0 Å². The predicted molar refractivity (Wildman–Crippen MR) is 89.0 cm³/mol. The van der Waals surface area contributed by atoms with Crippen LogP contribution < -0.4 is 0 Å². The van der Waals surface area contributed by atoms with Crippen LogP contribution in [0.3, 0.4) is 0 Å². The van der Waals surface area contributed by atoms with Gasteiger partial charge in [-0.05, 0) is 5.56 Å². The van der Waals surface area contributed by atoms with Crippen LogP contribution in [0.2, 0.25) is 0 Å². The zero-order valence-corrected chi connectivity index (χ0v) is 13.2. The molecule has 0 atom stereocenters. The number of fused-ring (bicyclic) bond motifs is 3. The summed E-state index contributed by atoms with van der Waals surface area (Å²) >= 11 is 0. The summed E-state index contributed by atoms with van der Waals surface area (Å²) in [7, 11) is 0. The van der Waals surface area contributed by atoms with Crippen molar-refractivity contribution in [3.8, 4) is 0 Å². The smallest absolute Gasteiger partial charge is 0.220 e. The molecular formula is C17H16N6O. The number of benzene rings is 1. The molecule has 0 aliphatic carbocycles. The number of carbonyl (C=O) groups is 1. The lowest BCUT2D eigenvalue weighted by Gasteiger charge is -2.20. The molecule has 0 aliphatic heterocycles. The molecule has 1 amide bonds. The minimum atomic E-state index is 0.0179. The van der Waals surface area contributed by atoms with Gasteiger partial charge in [-0.2, -0.15) is 0 Å². The van der Waals surface area contributed by atoms with Crippen molar-refractivity contribution in [2.45, 2.75) is 20.0 Å². The Balaban J connectivity index is 1.67. The molecule has 0 radical (unpaired) electrons. The standard InChI is InChI=1S/C17H16N6O/c1-12(24)22(8-13-5-3-2-4-6-13)9-14-7-18-17-15-16(20-10-19-15)21-11-23(14)17/h2-7,10-11H,8-9H2,1H3,(H,19,20). The molecule has 1 N–H and O–H groups in total. The number of aromatic nitrogens is 5. The quantitative estimate of drug-likeness (QED) is 0.625. The summed E-state index contributed by atoms with van der Waals surface area (Å²) in [5, 5.41) is 0. The molecule has 0 saturated carbocycles. The van der Waals surface area contributed by atoms with E-state index in [0.29, 0.717) is 18.7 Å². The second-order valence-electron chi connectivity index (χ2n) is 5.65. The number of rotatable bonds is 4. The molecule has 0 spiro atoms. The van der Waals surface area contributed by atoms with E-state index in [9.17, 15) is 4.79 Å². The third-order valence-electron chi connectivity index (χ3n) is 4.03. The van der Waals surface area contributed by atoms with Crippen LogP contribution in [0.5, 0.6) is 0 Å². The lowest BCUT2D eigenvalue weighted by atomic mass is 10.2. The van der Waals surface area contributed by atoms with Gasteiger partial charge in [-0.15, -0.1) is 0 Å². The molecule has 4 rings (SSSR count). The van der Waals surface area contributed by atoms with Crippen LogP contribution in [0.15, 0.2) is 49.2 Å². The SMILES string of the molecule is CC(=O)N(Cc1ccccc1)Cc1cnc2c3[nH]cnc3ncn12. The van der Waals surface area contributed by atoms with E-state index in [1.165, 1.54) is 0 Å². The van der Waals surface area contributed by atoms with Gasteiger partial charge in [-0.1, -0.05) is 30.3 Å². The van der Waals surface area contributed by atoms with Crippen molar-refractivity contribution in [1.82, 2.24) is 29.2 Å². The maximum atomic E-state index is 12.0. The summed E-state index contributed by atoms with van der Waals surface area (Å²) in [6.07, 6.45) is 5.07. The number of H-pyrrole nitrogens is 1. The highest BCUT2D eigenvalue weighted by Crippen LogP contribution is 2.17. The summed E-state index contributed by atoms with van der Waals surface area (Å²) in [5.41, 5.74) is 4.18. The van der Waals surface area contributed by atoms with Crippen molar-refractivity contribution < 1.29 is 4.79 Å². The molecule has 0 bridgehead atoms. The second-order valence-corrected chi connectivity index (χ2v) is 5.65. The van der Waals surface area contributed by atoms with Crippen LogP contribution in [-0.4, -0.2) is 35.1 Å². The molecule has 0 unspecified atom stereocenters. The summed E-state index contributed by atoms with van der Waals surface area (Å²) in [6, 6.07) is 9.94. The van der Waals surface area contributed by atoms with Crippen molar-refractivity contribution >= 4 is 22.7 Å². The van der Waals surface area contributed by atoms with Gasteiger partial charge in [0.2, 0.25) is 5.91 Å². The van der Waals surface area contributed by atoms with Gasteiger partial charge in [0.15, 0.2) is 11.3 Å². The van der Waals surface area contributed by atoms with Crippen LogP contribution in [0, 0.1) is 0 Å². The third-order valence-corrected chi connectivity index (χ3v) is 4.03. The largest absolute Gasteiger partial charge is 0.340 e. The van der Waals surface area contributed by atoms with E-state index in [4.69, 9.17) is 0 Å². The van der Waals surface area contributed by atoms with Gasteiger partial charge in [0.05, 0.1) is 24.8 Å². The fraction of sp³-hybridized carbons (Fsp3) is 0.176. The molecule has 3 heterocycles. The Morgan fingerprint density at radius 3 is 2.79 bits per heavy atom. The Morgan fingerprint density at radius 1 is 1.17 bits per heavy atom. The molecular weight excluding hydrogens is 304 g/mol. The molecule has 24 heavy (non-hydrogen) atoms. The Labute approximate surface area is 138 Å². The minimum Gasteiger partial charge on any atom is -0.340 e. The maximum absolute atomic E-state index is 12.0. The van der Waals surface area contributed by atoms with Crippen molar-refractivity contribution in [3.63, 3.8) is 0 Å². The number of carbonyl (C=O) groups excluding carboxylic acids is 1. The van der Waals surface area contributed by atoms with Crippen LogP contribution in [0.25, 0.3) is 16.8 Å². The van der Waals surface area contributed by atoms with Gasteiger partial charge in [-0.25, -0.2) is 15.0 Å². The number of hydrogen-bond donors (Lipinski definition) is 1. The topological polar surface area (TPSA) is 79.2 Å². The van der Waals surface area contributed by atoms with E-state index in [0.717, 1.165) is 22.4 Å². The molecule has 0 fully saturated rings. The Morgan fingerprint density at radius 2 is 2.00 bits per heavy atom. The zero-order valence-electron chi connectivity index (χ0n) is 13.2. The average molecular weight is 320 g/mol. The first kappa shape index (κ1) is 14.4. The number of imidazole rings is 2. The van der Waals surface area contributed by atoms with Gasteiger partial charge in [-0.3, -0.25) is 9.20 Å². The third kappa shape index (κ3) is 2.50. The second kappa shape index (κ2) is 5.77. The highest BCUT2D eigenvalue weighted by molar-refractivity contribution is 5.84. The van der Waals surface area contributed by atoms with Crippen LogP contribution in [-0.2, 0) is 17.9 Å². The first-order valence-electron chi connectivity index (χ1n) is 7.66. The lowest BCUT2D eigenvalue weighted by molar-refractivity contribution is -0.130. The van der Waals surface area contributed by atoms with Crippen molar-refractivity contribution in [2.75, 3.05) is 0 Å². The van der Waals surface area contributed by atoms with E-state index in [1.54, 1.807) is 30.7 Å². The molecule has 1 aromatic carbocycles. The van der Waals surface area contributed by atoms with Crippen LogP contribution >= 0.6 is 0 Å². The maximum Gasteiger partial charge on any atom is 0.220 e. The van der Waals surface area contributed by atoms with E-state index >= 15 is 0 Å². The van der Waals surface area contributed by atoms with Crippen molar-refractivity contribution in [3.05, 3.63) is 60.4 Å². The number of amides is 1. The van der Waals surface area contributed by atoms with E-state index in [2.05, 4.69) is 19.9 Å². The van der Waals surface area contributed by atoms with Gasteiger partial charge in [0.25, 0.3) is 0 Å². The fourth-order valence-corrected chi connectivity index (χ4v) is 2.77. The Hall–Kier alpha value is -3.22. The monoisotopic (exact) mass is 320 g/mol. The fourth-order valence-electron chi connectivity index (χ4n) is 2.77. The summed E-state index contributed by atoms with van der Waals surface area (Å²) in [6.45, 7) is 2.60. The summed E-state index contributed by atoms with van der Waals surface area (Å²) < 4.78 is 1.89. The molecule has 0 saturated heterocycles. The molecule has 0 aliphatic rings. The Bertz CT molecular complexity index is 1000. The normalized spacial score (nSPS) is 11.2. The highest BCUT2D eigenvalue weighted by Gasteiger charge is 2.15.